The summed E-state index contributed by atoms with van der Waals surface area (Å²) < 4.78 is 0. The molecule has 2 unspecified atom stereocenters. The number of hydrogen-bond acceptors (Lipinski definition) is 4. The van der Waals surface area contributed by atoms with E-state index in [-0.39, 0.29) is 0 Å². The van der Waals surface area contributed by atoms with Crippen molar-refractivity contribution in [3.8, 4) is 0 Å². The molecule has 4 rings (SSSR count). The first-order valence-corrected chi connectivity index (χ1v) is 6.61. The van der Waals surface area contributed by atoms with Gasteiger partial charge in [0.2, 0.25) is 0 Å². The van der Waals surface area contributed by atoms with Crippen LogP contribution in [0.15, 0.2) is 30.5 Å². The lowest BCUT2D eigenvalue weighted by atomic mass is 9.83. The summed E-state index contributed by atoms with van der Waals surface area (Å²) in [5.74, 6) is 1.87. The number of anilines is 1. The average Bonchev–Trinajstić information content (AvgIpc) is 2.40. The smallest absolute Gasteiger partial charge is 0.148 e. The molecule has 3 heterocycles. The highest BCUT2D eigenvalue weighted by Gasteiger charge is 2.40. The topological polar surface area (TPSA) is 41.1 Å². The zero-order valence-corrected chi connectivity index (χ0v) is 10.2. The molecule has 2 aliphatic rings. The third-order valence-electron chi connectivity index (χ3n) is 4.15. The molecular formula is C14H16N4. The van der Waals surface area contributed by atoms with E-state index in [1.807, 2.05) is 30.5 Å². The molecule has 1 aromatic carbocycles. The van der Waals surface area contributed by atoms with Gasteiger partial charge in [0, 0.05) is 19.1 Å². The first kappa shape index (κ1) is 10.3. The summed E-state index contributed by atoms with van der Waals surface area (Å²) in [6, 6.07) is 8.67. The second-order valence-electron chi connectivity index (χ2n) is 5.19. The molecule has 2 aromatic rings. The lowest BCUT2D eigenvalue weighted by Gasteiger charge is -2.51. The second kappa shape index (κ2) is 3.92. The lowest BCUT2D eigenvalue weighted by Crippen LogP contribution is -2.64. The van der Waals surface area contributed by atoms with Crippen molar-refractivity contribution in [3.05, 3.63) is 30.5 Å². The minimum atomic E-state index is 0.620. The zero-order chi connectivity index (χ0) is 11.9. The average molecular weight is 240 g/mol. The fourth-order valence-corrected chi connectivity index (χ4v) is 3.07. The monoisotopic (exact) mass is 240 g/mol. The Labute approximate surface area is 106 Å². The van der Waals surface area contributed by atoms with Gasteiger partial charge in [0.25, 0.3) is 0 Å². The SMILES string of the molecule is c1ccc2nc(N3CC4CCNCC43)cnc2c1. The van der Waals surface area contributed by atoms with Gasteiger partial charge in [-0.1, -0.05) is 12.1 Å². The zero-order valence-electron chi connectivity index (χ0n) is 10.2. The molecule has 1 aromatic heterocycles. The van der Waals surface area contributed by atoms with Gasteiger partial charge in [0.15, 0.2) is 0 Å². The van der Waals surface area contributed by atoms with E-state index < -0.39 is 0 Å². The van der Waals surface area contributed by atoms with Crippen LogP contribution in [0.3, 0.4) is 0 Å². The van der Waals surface area contributed by atoms with Crippen molar-refractivity contribution in [1.29, 1.82) is 0 Å². The molecule has 2 saturated heterocycles. The molecule has 18 heavy (non-hydrogen) atoms. The summed E-state index contributed by atoms with van der Waals surface area (Å²) in [5.41, 5.74) is 1.96. The Morgan fingerprint density at radius 1 is 1.22 bits per heavy atom. The highest BCUT2D eigenvalue weighted by Crippen LogP contribution is 2.33. The van der Waals surface area contributed by atoms with Gasteiger partial charge in [-0.2, -0.15) is 0 Å². The van der Waals surface area contributed by atoms with E-state index in [1.54, 1.807) is 0 Å². The molecule has 92 valence electrons. The molecule has 4 heteroatoms. The highest BCUT2D eigenvalue weighted by molar-refractivity contribution is 5.75. The van der Waals surface area contributed by atoms with E-state index in [0.29, 0.717) is 6.04 Å². The van der Waals surface area contributed by atoms with E-state index in [2.05, 4.69) is 15.2 Å². The summed E-state index contributed by atoms with van der Waals surface area (Å²) in [7, 11) is 0. The Morgan fingerprint density at radius 2 is 2.11 bits per heavy atom. The molecule has 0 bridgehead atoms. The van der Waals surface area contributed by atoms with Crippen LogP contribution in [0.1, 0.15) is 6.42 Å². The van der Waals surface area contributed by atoms with Crippen molar-refractivity contribution in [2.24, 2.45) is 5.92 Å². The number of aromatic nitrogens is 2. The third kappa shape index (κ3) is 1.49. The van der Waals surface area contributed by atoms with Crippen LogP contribution in [0.25, 0.3) is 11.0 Å². The third-order valence-corrected chi connectivity index (χ3v) is 4.15. The Kier molecular flexibility index (Phi) is 2.23. The number of para-hydroxylation sites is 2. The number of nitrogens with zero attached hydrogens (tertiary/aromatic N) is 3. The van der Waals surface area contributed by atoms with Gasteiger partial charge in [-0.3, -0.25) is 4.98 Å². The molecule has 0 spiro atoms. The van der Waals surface area contributed by atoms with Crippen LogP contribution in [0.4, 0.5) is 5.82 Å². The largest absolute Gasteiger partial charge is 0.350 e. The van der Waals surface area contributed by atoms with Gasteiger partial charge in [0.1, 0.15) is 5.82 Å². The second-order valence-corrected chi connectivity index (χ2v) is 5.19. The van der Waals surface area contributed by atoms with Gasteiger partial charge < -0.3 is 10.2 Å². The number of fused-ring (bicyclic) bond motifs is 2. The van der Waals surface area contributed by atoms with Gasteiger partial charge in [-0.15, -0.1) is 0 Å². The van der Waals surface area contributed by atoms with Crippen LogP contribution in [0.2, 0.25) is 0 Å². The van der Waals surface area contributed by atoms with Crippen molar-refractivity contribution in [2.45, 2.75) is 12.5 Å². The summed E-state index contributed by atoms with van der Waals surface area (Å²) in [6.07, 6.45) is 3.20. The van der Waals surface area contributed by atoms with E-state index in [1.165, 1.54) is 13.0 Å². The summed E-state index contributed by atoms with van der Waals surface area (Å²) in [4.78, 5) is 11.6. The van der Waals surface area contributed by atoms with E-state index in [0.717, 1.165) is 35.9 Å². The Morgan fingerprint density at radius 3 is 3.00 bits per heavy atom. The molecule has 2 atom stereocenters. The number of rotatable bonds is 1. The maximum absolute atomic E-state index is 4.72. The predicted molar refractivity (Wildman–Crippen MR) is 71.6 cm³/mol. The minimum Gasteiger partial charge on any atom is -0.350 e. The van der Waals surface area contributed by atoms with Crippen LogP contribution < -0.4 is 10.2 Å². The van der Waals surface area contributed by atoms with Gasteiger partial charge >= 0.3 is 0 Å². The maximum Gasteiger partial charge on any atom is 0.148 e. The van der Waals surface area contributed by atoms with Crippen molar-refractivity contribution in [1.82, 2.24) is 15.3 Å². The van der Waals surface area contributed by atoms with Crippen LogP contribution in [0, 0.1) is 5.92 Å². The van der Waals surface area contributed by atoms with Gasteiger partial charge in [0.05, 0.1) is 17.2 Å². The van der Waals surface area contributed by atoms with Gasteiger partial charge in [-0.25, -0.2) is 4.98 Å². The maximum atomic E-state index is 4.72. The number of nitrogens with one attached hydrogen (secondary N) is 1. The van der Waals surface area contributed by atoms with E-state index >= 15 is 0 Å². The molecule has 4 nitrogen and oxygen atoms in total. The van der Waals surface area contributed by atoms with E-state index in [4.69, 9.17) is 4.98 Å². The van der Waals surface area contributed by atoms with Crippen molar-refractivity contribution in [3.63, 3.8) is 0 Å². The van der Waals surface area contributed by atoms with Crippen LogP contribution >= 0.6 is 0 Å². The molecule has 0 amide bonds. The predicted octanol–water partition coefficient (Wildman–Crippen LogP) is 1.43. The molecule has 0 aliphatic carbocycles. The molecule has 0 saturated carbocycles. The van der Waals surface area contributed by atoms with E-state index in [9.17, 15) is 0 Å². The van der Waals surface area contributed by atoms with Crippen LogP contribution in [-0.2, 0) is 0 Å². The van der Waals surface area contributed by atoms with Crippen molar-refractivity contribution < 1.29 is 0 Å². The highest BCUT2D eigenvalue weighted by atomic mass is 15.3. The molecule has 2 aliphatic heterocycles. The fraction of sp³-hybridized carbons (Fsp3) is 0.429. The van der Waals surface area contributed by atoms with Crippen LogP contribution in [-0.4, -0.2) is 35.6 Å². The van der Waals surface area contributed by atoms with Gasteiger partial charge in [-0.05, 0) is 31.0 Å². The Balaban J connectivity index is 1.67. The lowest BCUT2D eigenvalue weighted by molar-refractivity contribution is 0.227. The molecule has 2 fully saturated rings. The molecule has 0 radical (unpaired) electrons. The van der Waals surface area contributed by atoms with Crippen molar-refractivity contribution >= 4 is 16.9 Å². The quantitative estimate of drug-likeness (QED) is 0.818. The summed E-state index contributed by atoms with van der Waals surface area (Å²) in [5, 5.41) is 3.46. The first-order valence-electron chi connectivity index (χ1n) is 6.61. The fourth-order valence-electron chi connectivity index (χ4n) is 3.07. The Hall–Kier alpha value is -1.68. The molecular weight excluding hydrogens is 224 g/mol. The number of hydrogen-bond donors (Lipinski definition) is 1. The standard InChI is InChI=1S/C14H16N4/c1-2-4-12-11(3-1)16-8-14(17-12)18-9-10-5-6-15-7-13(10)18/h1-4,8,10,13,15H,5-7,9H2. The normalized spacial score (nSPS) is 26.8. The first-order chi connectivity index (χ1) is 8.92. The number of piperidine rings is 1. The van der Waals surface area contributed by atoms with Crippen LogP contribution in [0.5, 0.6) is 0 Å². The summed E-state index contributed by atoms with van der Waals surface area (Å²) in [6.45, 7) is 3.39. The molecule has 1 N–H and O–H groups in total. The minimum absolute atomic E-state index is 0.620. The van der Waals surface area contributed by atoms with Crippen molar-refractivity contribution in [2.75, 3.05) is 24.5 Å². The number of benzene rings is 1. The summed E-state index contributed by atoms with van der Waals surface area (Å²) >= 11 is 0. The Bertz CT molecular complexity index is 583.